The molecule has 1 aromatic rings. The van der Waals surface area contributed by atoms with Crippen LogP contribution in [0.2, 0.25) is 0 Å². The molecule has 1 aliphatic carbocycles. The van der Waals surface area contributed by atoms with Gasteiger partial charge < -0.3 is 20.7 Å². The highest BCUT2D eigenvalue weighted by Crippen LogP contribution is 2.28. The van der Waals surface area contributed by atoms with Crippen LogP contribution in [0, 0.1) is 5.92 Å². The first kappa shape index (κ1) is 17.1. The Morgan fingerprint density at radius 3 is 2.74 bits per heavy atom. The van der Waals surface area contributed by atoms with Crippen molar-refractivity contribution >= 4 is 11.9 Å². The van der Waals surface area contributed by atoms with E-state index in [0.717, 1.165) is 25.0 Å². The van der Waals surface area contributed by atoms with E-state index in [1.54, 1.807) is 25.3 Å². The average Bonchev–Trinajstić information content (AvgIpc) is 3.40. The minimum atomic E-state index is -0.106. The zero-order valence-electron chi connectivity index (χ0n) is 13.9. The topological polar surface area (TPSA) is 74.8 Å². The maximum atomic E-state index is 12.1. The van der Waals surface area contributed by atoms with Gasteiger partial charge in [0, 0.05) is 31.7 Å². The third-order valence-corrected chi connectivity index (χ3v) is 3.58. The molecule has 0 aromatic heterocycles. The van der Waals surface area contributed by atoms with Crippen molar-refractivity contribution in [2.45, 2.75) is 19.8 Å². The number of aliphatic imine (C=N–C) groups is 1. The molecule has 0 spiro atoms. The molecule has 6 nitrogen and oxygen atoms in total. The summed E-state index contributed by atoms with van der Waals surface area (Å²) in [4.78, 5) is 16.6. The second-order valence-electron chi connectivity index (χ2n) is 5.58. The molecule has 0 aliphatic heterocycles. The predicted octanol–water partition coefficient (Wildman–Crippen LogP) is 1.39. The summed E-state index contributed by atoms with van der Waals surface area (Å²) in [6.45, 7) is 4.91. The number of carbonyl (C=O) groups excluding carboxylic acids is 1. The van der Waals surface area contributed by atoms with Gasteiger partial charge in [0.05, 0.1) is 7.11 Å². The number of guanidine groups is 1. The van der Waals surface area contributed by atoms with Gasteiger partial charge in [0.1, 0.15) is 5.75 Å². The summed E-state index contributed by atoms with van der Waals surface area (Å²) in [7, 11) is 1.59. The third-order valence-electron chi connectivity index (χ3n) is 3.58. The SMILES string of the molecule is CCNC(=NCC1CC1)NCCNC(=O)c1cccc(OC)c1. The monoisotopic (exact) mass is 318 g/mol. The molecule has 1 saturated carbocycles. The molecule has 1 fully saturated rings. The Morgan fingerprint density at radius 1 is 1.26 bits per heavy atom. The largest absolute Gasteiger partial charge is 0.497 e. The summed E-state index contributed by atoms with van der Waals surface area (Å²) in [6.07, 6.45) is 2.58. The van der Waals surface area contributed by atoms with Crippen molar-refractivity contribution in [1.29, 1.82) is 0 Å². The molecule has 23 heavy (non-hydrogen) atoms. The van der Waals surface area contributed by atoms with E-state index >= 15 is 0 Å². The molecule has 0 heterocycles. The van der Waals surface area contributed by atoms with Gasteiger partial charge in [-0.2, -0.15) is 0 Å². The van der Waals surface area contributed by atoms with Crippen LogP contribution in [0.5, 0.6) is 5.75 Å². The van der Waals surface area contributed by atoms with Gasteiger partial charge in [-0.05, 0) is 43.9 Å². The van der Waals surface area contributed by atoms with E-state index in [9.17, 15) is 4.79 Å². The molecule has 2 rings (SSSR count). The van der Waals surface area contributed by atoms with Crippen LogP contribution in [0.1, 0.15) is 30.1 Å². The highest BCUT2D eigenvalue weighted by atomic mass is 16.5. The van der Waals surface area contributed by atoms with Gasteiger partial charge in [0.2, 0.25) is 0 Å². The zero-order chi connectivity index (χ0) is 16.5. The number of carbonyl (C=O) groups is 1. The third kappa shape index (κ3) is 6.18. The number of rotatable bonds is 8. The number of nitrogens with one attached hydrogen (secondary N) is 3. The van der Waals surface area contributed by atoms with Crippen molar-refractivity contribution < 1.29 is 9.53 Å². The second kappa shape index (κ2) is 9.02. The molecule has 0 saturated heterocycles. The van der Waals surface area contributed by atoms with Crippen molar-refractivity contribution in [3.63, 3.8) is 0 Å². The summed E-state index contributed by atoms with van der Waals surface area (Å²) in [5, 5.41) is 9.33. The Labute approximate surface area is 137 Å². The highest BCUT2D eigenvalue weighted by molar-refractivity contribution is 5.94. The number of hydrogen-bond acceptors (Lipinski definition) is 3. The lowest BCUT2D eigenvalue weighted by Crippen LogP contribution is -2.41. The van der Waals surface area contributed by atoms with Crippen molar-refractivity contribution in [2.24, 2.45) is 10.9 Å². The van der Waals surface area contributed by atoms with Crippen LogP contribution < -0.4 is 20.7 Å². The van der Waals surface area contributed by atoms with Gasteiger partial charge >= 0.3 is 0 Å². The number of amides is 1. The first-order valence-corrected chi connectivity index (χ1v) is 8.17. The van der Waals surface area contributed by atoms with Crippen LogP contribution in [0.25, 0.3) is 0 Å². The molecule has 1 aliphatic rings. The first-order chi connectivity index (χ1) is 11.2. The van der Waals surface area contributed by atoms with Crippen LogP contribution in [0.4, 0.5) is 0 Å². The Kier molecular flexibility index (Phi) is 6.72. The fourth-order valence-corrected chi connectivity index (χ4v) is 2.09. The van der Waals surface area contributed by atoms with E-state index in [1.807, 2.05) is 13.0 Å². The predicted molar refractivity (Wildman–Crippen MR) is 92.0 cm³/mol. The fourth-order valence-electron chi connectivity index (χ4n) is 2.09. The summed E-state index contributed by atoms with van der Waals surface area (Å²) < 4.78 is 5.12. The van der Waals surface area contributed by atoms with E-state index in [0.29, 0.717) is 24.4 Å². The Bertz CT molecular complexity index is 541. The Morgan fingerprint density at radius 2 is 2.04 bits per heavy atom. The molecule has 0 unspecified atom stereocenters. The molecule has 1 aromatic carbocycles. The lowest BCUT2D eigenvalue weighted by atomic mass is 10.2. The molecule has 0 bridgehead atoms. The molecule has 0 radical (unpaired) electrons. The molecule has 6 heteroatoms. The Balaban J connectivity index is 1.72. The molecular weight excluding hydrogens is 292 g/mol. The van der Waals surface area contributed by atoms with Crippen molar-refractivity contribution in [3.8, 4) is 5.75 Å². The summed E-state index contributed by atoms with van der Waals surface area (Å²) in [5.41, 5.74) is 0.596. The van der Waals surface area contributed by atoms with E-state index in [1.165, 1.54) is 12.8 Å². The number of nitrogens with zero attached hydrogens (tertiary/aromatic N) is 1. The molecule has 1 amide bonds. The maximum Gasteiger partial charge on any atom is 0.251 e. The van der Waals surface area contributed by atoms with Gasteiger partial charge in [0.25, 0.3) is 5.91 Å². The minimum absolute atomic E-state index is 0.106. The average molecular weight is 318 g/mol. The summed E-state index contributed by atoms with van der Waals surface area (Å²) in [5.74, 6) is 2.15. The van der Waals surface area contributed by atoms with E-state index in [-0.39, 0.29) is 5.91 Å². The van der Waals surface area contributed by atoms with Gasteiger partial charge in [0.15, 0.2) is 5.96 Å². The lowest BCUT2D eigenvalue weighted by molar-refractivity contribution is 0.0954. The number of benzene rings is 1. The van der Waals surface area contributed by atoms with Crippen LogP contribution >= 0.6 is 0 Å². The summed E-state index contributed by atoms with van der Waals surface area (Å²) >= 11 is 0. The van der Waals surface area contributed by atoms with Crippen LogP contribution in [0.15, 0.2) is 29.3 Å². The maximum absolute atomic E-state index is 12.1. The minimum Gasteiger partial charge on any atom is -0.497 e. The second-order valence-corrected chi connectivity index (χ2v) is 5.58. The smallest absolute Gasteiger partial charge is 0.251 e. The quantitative estimate of drug-likeness (QED) is 0.385. The number of methoxy groups -OCH3 is 1. The standard InChI is InChI=1S/C17H26N4O2/c1-3-18-17(21-12-13-7-8-13)20-10-9-19-16(22)14-5-4-6-15(11-14)23-2/h4-6,11,13H,3,7-10,12H2,1-2H3,(H,19,22)(H2,18,20,21). The van der Waals surface area contributed by atoms with E-state index in [4.69, 9.17) is 4.74 Å². The first-order valence-electron chi connectivity index (χ1n) is 8.17. The number of hydrogen-bond donors (Lipinski definition) is 3. The van der Waals surface area contributed by atoms with Crippen molar-refractivity contribution in [3.05, 3.63) is 29.8 Å². The van der Waals surface area contributed by atoms with Gasteiger partial charge in [-0.25, -0.2) is 0 Å². The summed E-state index contributed by atoms with van der Waals surface area (Å²) in [6, 6.07) is 7.12. The fraction of sp³-hybridized carbons (Fsp3) is 0.529. The van der Waals surface area contributed by atoms with E-state index in [2.05, 4.69) is 20.9 Å². The molecular formula is C17H26N4O2. The molecule has 126 valence electrons. The van der Waals surface area contributed by atoms with Gasteiger partial charge in [-0.3, -0.25) is 9.79 Å². The number of ether oxygens (including phenoxy) is 1. The van der Waals surface area contributed by atoms with Crippen molar-refractivity contribution in [1.82, 2.24) is 16.0 Å². The Hall–Kier alpha value is -2.24. The van der Waals surface area contributed by atoms with Gasteiger partial charge in [-0.1, -0.05) is 6.07 Å². The van der Waals surface area contributed by atoms with E-state index < -0.39 is 0 Å². The van der Waals surface area contributed by atoms with Crippen LogP contribution in [-0.4, -0.2) is 45.2 Å². The van der Waals surface area contributed by atoms with Crippen molar-refractivity contribution in [2.75, 3.05) is 33.3 Å². The van der Waals surface area contributed by atoms with Crippen LogP contribution in [0.3, 0.4) is 0 Å². The molecule has 0 atom stereocenters. The zero-order valence-corrected chi connectivity index (χ0v) is 13.9. The van der Waals surface area contributed by atoms with Crippen LogP contribution in [-0.2, 0) is 0 Å². The normalized spacial score (nSPS) is 14.3. The lowest BCUT2D eigenvalue weighted by Gasteiger charge is -2.12. The highest BCUT2D eigenvalue weighted by Gasteiger charge is 2.20. The molecule has 3 N–H and O–H groups in total. The van der Waals surface area contributed by atoms with Gasteiger partial charge in [-0.15, -0.1) is 0 Å².